The number of hydrogen-bond acceptors (Lipinski definition) is 9. The maximum absolute atomic E-state index is 14.3. The second kappa shape index (κ2) is 26.6. The van der Waals surface area contributed by atoms with Gasteiger partial charge in [0.05, 0.1) is 19.1 Å². The number of hydrogen-bond donors (Lipinski definition) is 10. The normalized spacial score (nSPS) is 12.1. The molecular formula is C41H58N10O7. The summed E-state index contributed by atoms with van der Waals surface area (Å²) in [6.45, 7) is 4.79. The summed E-state index contributed by atoms with van der Waals surface area (Å²) in [5, 5.41) is 29.8. The summed E-state index contributed by atoms with van der Waals surface area (Å²) in [6.07, 6.45) is 1.87. The average molecular weight is 803 g/mol. The van der Waals surface area contributed by atoms with Gasteiger partial charge in [-0.25, -0.2) is 4.79 Å². The number of rotatable bonds is 25. The molecule has 2 atom stereocenters. The van der Waals surface area contributed by atoms with Crippen LogP contribution in [0.25, 0.3) is 0 Å². The molecule has 0 fully saturated rings. The second-order valence-corrected chi connectivity index (χ2v) is 13.2. The molecule has 17 heteroatoms. The maximum atomic E-state index is 14.3. The highest BCUT2D eigenvalue weighted by atomic mass is 16.5. The van der Waals surface area contributed by atoms with Crippen LogP contribution in [-0.4, -0.2) is 99.3 Å². The number of guanidine groups is 1. The van der Waals surface area contributed by atoms with Gasteiger partial charge in [0.25, 0.3) is 0 Å². The maximum Gasteiger partial charge on any atom is 0.344 e. The number of phenolic OH excluding ortho intramolecular Hbond substituents is 1. The number of anilines is 1. The van der Waals surface area contributed by atoms with Gasteiger partial charge in [0.2, 0.25) is 23.6 Å². The molecule has 17 nitrogen and oxygen atoms in total. The van der Waals surface area contributed by atoms with E-state index in [1.54, 1.807) is 19.1 Å². The lowest BCUT2D eigenvalue weighted by atomic mass is 9.89. The van der Waals surface area contributed by atoms with Gasteiger partial charge in [-0.2, -0.15) is 4.99 Å². The Morgan fingerprint density at radius 1 is 0.741 bits per heavy atom. The number of benzene rings is 3. The zero-order valence-electron chi connectivity index (χ0n) is 33.1. The number of phenols is 1. The largest absolute Gasteiger partial charge is 0.508 e. The van der Waals surface area contributed by atoms with E-state index in [-0.39, 0.29) is 68.5 Å². The van der Waals surface area contributed by atoms with E-state index in [2.05, 4.69) is 42.2 Å². The predicted octanol–water partition coefficient (Wildman–Crippen LogP) is 1.53. The number of urea groups is 1. The van der Waals surface area contributed by atoms with Crippen LogP contribution in [0.5, 0.6) is 5.75 Å². The van der Waals surface area contributed by atoms with Crippen LogP contribution < -0.4 is 48.7 Å². The van der Waals surface area contributed by atoms with Gasteiger partial charge in [-0.3, -0.25) is 19.2 Å². The highest BCUT2D eigenvalue weighted by Gasteiger charge is 2.28. The van der Waals surface area contributed by atoms with Crippen molar-refractivity contribution in [2.24, 2.45) is 16.5 Å². The first-order valence-electron chi connectivity index (χ1n) is 19.5. The Labute approximate surface area is 339 Å². The van der Waals surface area contributed by atoms with Crippen molar-refractivity contribution in [2.75, 3.05) is 57.8 Å². The summed E-state index contributed by atoms with van der Waals surface area (Å²) in [5.74, 6) is -1.80. The van der Waals surface area contributed by atoms with Gasteiger partial charge in [-0.1, -0.05) is 61.5 Å². The first-order chi connectivity index (χ1) is 28.1. The summed E-state index contributed by atoms with van der Waals surface area (Å²) in [7, 11) is 0. The number of aliphatic imine (C=N–C) groups is 1. The molecule has 1 unspecified atom stereocenters. The van der Waals surface area contributed by atoms with Crippen molar-refractivity contribution in [3.63, 3.8) is 0 Å². The van der Waals surface area contributed by atoms with Crippen molar-refractivity contribution in [1.29, 1.82) is 0 Å². The first-order valence-corrected chi connectivity index (χ1v) is 19.5. The minimum absolute atomic E-state index is 0.0931. The van der Waals surface area contributed by atoms with Gasteiger partial charge in [-0.15, -0.1) is 0 Å². The average Bonchev–Trinajstić information content (AvgIpc) is 3.22. The van der Waals surface area contributed by atoms with Gasteiger partial charge in [0, 0.05) is 64.3 Å². The van der Waals surface area contributed by atoms with Crippen LogP contribution in [0.15, 0.2) is 83.9 Å². The zero-order chi connectivity index (χ0) is 42.0. The van der Waals surface area contributed by atoms with E-state index in [9.17, 15) is 29.1 Å². The monoisotopic (exact) mass is 802 g/mol. The summed E-state index contributed by atoms with van der Waals surface area (Å²) in [6, 6.07) is 21.6. The Kier molecular flexibility index (Phi) is 21.2. The third kappa shape index (κ3) is 18.2. The van der Waals surface area contributed by atoms with Gasteiger partial charge in [-0.05, 0) is 60.2 Å². The number of aromatic hydroxyl groups is 1. The van der Waals surface area contributed by atoms with Crippen LogP contribution in [0.1, 0.15) is 61.6 Å². The summed E-state index contributed by atoms with van der Waals surface area (Å²) in [5.41, 5.74) is 14.3. The van der Waals surface area contributed by atoms with Crippen LogP contribution in [0, 0.1) is 0 Å². The topological polar surface area (TPSA) is 263 Å². The lowest BCUT2D eigenvalue weighted by molar-refractivity contribution is -0.129. The third-order valence-electron chi connectivity index (χ3n) is 8.63. The second-order valence-electron chi connectivity index (χ2n) is 13.2. The van der Waals surface area contributed by atoms with Crippen molar-refractivity contribution in [1.82, 2.24) is 31.9 Å². The van der Waals surface area contributed by atoms with Crippen molar-refractivity contribution in [2.45, 2.75) is 57.5 Å². The van der Waals surface area contributed by atoms with E-state index >= 15 is 0 Å². The number of carbonyl (C=O) groups is 5. The van der Waals surface area contributed by atoms with Crippen LogP contribution in [-0.2, 0) is 30.5 Å². The molecule has 3 aromatic carbocycles. The molecule has 0 spiro atoms. The van der Waals surface area contributed by atoms with Crippen LogP contribution >= 0.6 is 0 Å². The van der Waals surface area contributed by atoms with Crippen molar-refractivity contribution >= 4 is 41.3 Å². The molecule has 12 N–H and O–H groups in total. The fourth-order valence-electron chi connectivity index (χ4n) is 5.61. The molecule has 0 aromatic heterocycles. The van der Waals surface area contributed by atoms with Gasteiger partial charge >= 0.3 is 6.03 Å². The SMILES string of the molecule is CCC(=O)NCCNC(=O)/N=C(/N)NCCC[C@@H](NC(=O)C(c1ccccc1)c1cccc(NCCCNC(=O)CCOCCN)c1)C(=O)NCc1ccc(O)cc1. The standard InChI is InChI=1S/C41H58N10O7/c1-2-35(53)46-23-24-48-41(57)51-40(43)47-20-7-13-34(38(55)49-28-29-14-16-33(52)17-15-29)50-39(56)37(30-9-4-3-5-10-30)31-11-6-12-32(27-31)44-21-8-22-45-36(54)18-25-58-26-19-42/h3-6,9-12,14-17,27,34,37,44,52H,2,7-8,13,18-26,28,42H2,1H3,(H,45,54)(H,46,53)(H,49,55)(H,50,56)(H4,43,47,48,51,57)/t34-,37?/m1/s1. The van der Waals surface area contributed by atoms with Crippen LogP contribution in [0.4, 0.5) is 10.5 Å². The molecular weight excluding hydrogens is 745 g/mol. The molecule has 0 aliphatic rings. The molecule has 0 saturated heterocycles. The molecule has 58 heavy (non-hydrogen) atoms. The van der Waals surface area contributed by atoms with E-state index in [1.165, 1.54) is 12.1 Å². The number of amides is 6. The molecule has 314 valence electrons. The Balaban J connectivity index is 1.66. The number of nitrogens with zero attached hydrogens (tertiary/aromatic N) is 1. The number of nitrogens with one attached hydrogen (secondary N) is 7. The fraction of sp³-hybridized carbons (Fsp3) is 0.415. The lowest BCUT2D eigenvalue weighted by Gasteiger charge is -2.24. The molecule has 0 aliphatic heterocycles. The quantitative estimate of drug-likeness (QED) is 0.0334. The Bertz CT molecular complexity index is 1760. The molecule has 0 bridgehead atoms. The number of carbonyl (C=O) groups excluding carboxylic acids is 5. The minimum Gasteiger partial charge on any atom is -0.508 e. The molecule has 0 aliphatic carbocycles. The molecule has 0 heterocycles. The van der Waals surface area contributed by atoms with E-state index in [4.69, 9.17) is 16.2 Å². The van der Waals surface area contributed by atoms with Crippen molar-refractivity contribution < 1.29 is 33.8 Å². The zero-order valence-corrected chi connectivity index (χ0v) is 33.1. The predicted molar refractivity (Wildman–Crippen MR) is 223 cm³/mol. The van der Waals surface area contributed by atoms with E-state index < -0.39 is 23.9 Å². The highest BCUT2D eigenvalue weighted by molar-refractivity contribution is 5.93. The smallest absolute Gasteiger partial charge is 0.344 e. The molecule has 3 aromatic rings. The Morgan fingerprint density at radius 2 is 1.45 bits per heavy atom. The Hall–Kier alpha value is -6.20. The highest BCUT2D eigenvalue weighted by Crippen LogP contribution is 2.27. The minimum atomic E-state index is -0.943. The molecule has 0 saturated carbocycles. The van der Waals surface area contributed by atoms with Crippen molar-refractivity contribution in [3.05, 3.63) is 95.6 Å². The first kappa shape index (κ1) is 46.2. The fourth-order valence-corrected chi connectivity index (χ4v) is 5.61. The van der Waals surface area contributed by atoms with Crippen LogP contribution in [0.2, 0.25) is 0 Å². The van der Waals surface area contributed by atoms with Crippen LogP contribution in [0.3, 0.4) is 0 Å². The van der Waals surface area contributed by atoms with E-state index in [0.29, 0.717) is 57.7 Å². The number of nitrogens with two attached hydrogens (primary N) is 2. The number of ether oxygens (including phenoxy) is 1. The summed E-state index contributed by atoms with van der Waals surface area (Å²) >= 11 is 0. The summed E-state index contributed by atoms with van der Waals surface area (Å²) in [4.78, 5) is 67.2. The third-order valence-corrected chi connectivity index (χ3v) is 8.63. The molecule has 6 amide bonds. The molecule has 3 rings (SSSR count). The molecule has 0 radical (unpaired) electrons. The van der Waals surface area contributed by atoms with E-state index in [0.717, 1.165) is 16.8 Å². The van der Waals surface area contributed by atoms with Gasteiger partial charge < -0.3 is 58.5 Å². The van der Waals surface area contributed by atoms with E-state index in [1.807, 2.05) is 54.6 Å². The summed E-state index contributed by atoms with van der Waals surface area (Å²) < 4.78 is 5.26. The lowest BCUT2D eigenvalue weighted by Crippen LogP contribution is -2.48. The van der Waals surface area contributed by atoms with Gasteiger partial charge in [0.15, 0.2) is 5.96 Å². The Morgan fingerprint density at radius 3 is 2.19 bits per heavy atom. The van der Waals surface area contributed by atoms with Crippen molar-refractivity contribution in [3.8, 4) is 5.75 Å². The van der Waals surface area contributed by atoms with Gasteiger partial charge in [0.1, 0.15) is 11.8 Å².